The van der Waals surface area contributed by atoms with Crippen LogP contribution in [0.5, 0.6) is 5.75 Å². The molecule has 2 amide bonds. The van der Waals surface area contributed by atoms with E-state index in [2.05, 4.69) is 26.6 Å². The number of hydrogen-bond donors (Lipinski definition) is 2. The van der Waals surface area contributed by atoms with Crippen molar-refractivity contribution < 1.29 is 14.3 Å². The summed E-state index contributed by atoms with van der Waals surface area (Å²) in [6.45, 7) is 2.63. The summed E-state index contributed by atoms with van der Waals surface area (Å²) in [5, 5.41) is 5.69. The van der Waals surface area contributed by atoms with Crippen LogP contribution in [-0.4, -0.2) is 42.5 Å². The first kappa shape index (κ1) is 21.8. The number of nitrogens with zero attached hydrogens (tertiary/aromatic N) is 1. The van der Waals surface area contributed by atoms with Crippen LogP contribution in [-0.2, 0) is 0 Å². The number of benzene rings is 2. The molecule has 28 heavy (non-hydrogen) atoms. The molecular weight excluding hydrogens is 442 g/mol. The molecule has 8 heteroatoms. The molecule has 148 valence electrons. The molecule has 0 radical (unpaired) electrons. The van der Waals surface area contributed by atoms with Crippen LogP contribution in [0, 0.1) is 0 Å². The van der Waals surface area contributed by atoms with Crippen molar-refractivity contribution in [1.29, 1.82) is 0 Å². The van der Waals surface area contributed by atoms with Gasteiger partial charge in [-0.2, -0.15) is 0 Å². The Morgan fingerprint density at radius 3 is 2.54 bits per heavy atom. The minimum Gasteiger partial charge on any atom is -0.492 e. The molecule has 0 spiro atoms. The molecule has 0 bridgehead atoms. The first-order valence-corrected chi connectivity index (χ1v) is 9.88. The van der Waals surface area contributed by atoms with Gasteiger partial charge in [0.05, 0.1) is 11.1 Å². The smallest absolute Gasteiger partial charge is 0.257 e. The number of hydrogen-bond acceptors (Lipinski definition) is 4. The zero-order valence-electron chi connectivity index (χ0n) is 15.9. The largest absolute Gasteiger partial charge is 0.492 e. The van der Waals surface area contributed by atoms with Crippen LogP contribution in [0.25, 0.3) is 0 Å². The number of thiocarbonyl (C=S) groups is 1. The van der Waals surface area contributed by atoms with Gasteiger partial charge in [0.15, 0.2) is 5.11 Å². The number of carbonyl (C=O) groups is 2. The number of amides is 2. The predicted molar refractivity (Wildman–Crippen MR) is 118 cm³/mol. The zero-order valence-corrected chi connectivity index (χ0v) is 18.3. The summed E-state index contributed by atoms with van der Waals surface area (Å²) >= 11 is 8.62. The summed E-state index contributed by atoms with van der Waals surface area (Å²) in [4.78, 5) is 26.0. The Kier molecular flexibility index (Phi) is 7.95. The maximum atomic E-state index is 12.4. The van der Waals surface area contributed by atoms with Gasteiger partial charge in [0.2, 0.25) is 0 Å². The molecule has 0 saturated carbocycles. The Morgan fingerprint density at radius 2 is 1.89 bits per heavy atom. The molecule has 0 unspecified atom stereocenters. The number of carbonyl (C=O) groups excluding carboxylic acids is 2. The Labute approximate surface area is 178 Å². The van der Waals surface area contributed by atoms with Crippen molar-refractivity contribution in [2.45, 2.75) is 13.3 Å². The van der Waals surface area contributed by atoms with E-state index in [-0.39, 0.29) is 16.9 Å². The van der Waals surface area contributed by atoms with Crippen LogP contribution in [0.15, 0.2) is 46.9 Å². The van der Waals surface area contributed by atoms with Crippen molar-refractivity contribution in [2.75, 3.05) is 26.0 Å². The Balaban J connectivity index is 2.01. The van der Waals surface area contributed by atoms with Gasteiger partial charge >= 0.3 is 0 Å². The first-order chi connectivity index (χ1) is 13.3. The molecule has 0 aliphatic carbocycles. The molecule has 0 saturated heterocycles. The number of anilines is 1. The van der Waals surface area contributed by atoms with Crippen LogP contribution in [0.2, 0.25) is 0 Å². The molecule has 0 fully saturated rings. The highest BCUT2D eigenvalue weighted by Gasteiger charge is 2.12. The lowest BCUT2D eigenvalue weighted by Gasteiger charge is -2.13. The fraction of sp³-hybridized carbons (Fsp3) is 0.250. The summed E-state index contributed by atoms with van der Waals surface area (Å²) in [6, 6.07) is 12.0. The van der Waals surface area contributed by atoms with Crippen LogP contribution >= 0.6 is 28.1 Å². The van der Waals surface area contributed by atoms with Gasteiger partial charge in [0.1, 0.15) is 5.75 Å². The van der Waals surface area contributed by atoms with Gasteiger partial charge in [0.25, 0.3) is 11.8 Å². The monoisotopic (exact) mass is 463 g/mol. The lowest BCUT2D eigenvalue weighted by molar-refractivity contribution is 0.0827. The molecule has 2 N–H and O–H groups in total. The van der Waals surface area contributed by atoms with Crippen molar-refractivity contribution in [2.24, 2.45) is 0 Å². The number of halogens is 1. The lowest BCUT2D eigenvalue weighted by atomic mass is 10.2. The second kappa shape index (κ2) is 10.2. The Hall–Kier alpha value is -2.45. The average molecular weight is 464 g/mol. The van der Waals surface area contributed by atoms with Crippen molar-refractivity contribution in [3.8, 4) is 5.75 Å². The fourth-order valence-corrected chi connectivity index (χ4v) is 3.00. The molecule has 2 aromatic rings. The topological polar surface area (TPSA) is 70.7 Å². The number of ether oxygens (including phenoxy) is 1. The van der Waals surface area contributed by atoms with E-state index in [4.69, 9.17) is 17.0 Å². The highest BCUT2D eigenvalue weighted by molar-refractivity contribution is 9.10. The third-order valence-electron chi connectivity index (χ3n) is 3.66. The average Bonchev–Trinajstić information content (AvgIpc) is 2.66. The first-order valence-electron chi connectivity index (χ1n) is 8.68. The zero-order chi connectivity index (χ0) is 20.7. The van der Waals surface area contributed by atoms with Gasteiger partial charge in [-0.1, -0.05) is 13.0 Å². The van der Waals surface area contributed by atoms with Crippen molar-refractivity contribution in [3.63, 3.8) is 0 Å². The van der Waals surface area contributed by atoms with E-state index in [0.29, 0.717) is 33.6 Å². The maximum absolute atomic E-state index is 12.4. The third-order valence-corrected chi connectivity index (χ3v) is 4.48. The quantitative estimate of drug-likeness (QED) is 0.631. The SMILES string of the molecule is CCCOc1ccc(C(=O)NC(=S)Nc2cccc(C(=O)N(C)C)c2)cc1Br. The van der Waals surface area contributed by atoms with Gasteiger partial charge in [-0.25, -0.2) is 0 Å². The van der Waals surface area contributed by atoms with E-state index in [9.17, 15) is 9.59 Å². The van der Waals surface area contributed by atoms with Gasteiger partial charge in [-0.15, -0.1) is 0 Å². The minimum absolute atomic E-state index is 0.117. The Bertz CT molecular complexity index is 887. The summed E-state index contributed by atoms with van der Waals surface area (Å²) in [6.07, 6.45) is 0.899. The van der Waals surface area contributed by atoms with E-state index in [1.54, 1.807) is 56.6 Å². The maximum Gasteiger partial charge on any atom is 0.257 e. The molecule has 6 nitrogen and oxygen atoms in total. The predicted octanol–water partition coefficient (Wildman–Crippen LogP) is 4.07. The molecule has 0 aliphatic heterocycles. The van der Waals surface area contributed by atoms with Crippen molar-refractivity contribution >= 4 is 50.8 Å². The van der Waals surface area contributed by atoms with Gasteiger partial charge in [0, 0.05) is 30.9 Å². The van der Waals surface area contributed by atoms with E-state index in [1.807, 2.05) is 6.92 Å². The van der Waals surface area contributed by atoms with E-state index in [0.717, 1.165) is 6.42 Å². The van der Waals surface area contributed by atoms with Crippen molar-refractivity contribution in [1.82, 2.24) is 10.2 Å². The summed E-state index contributed by atoms with van der Waals surface area (Å²) in [5.74, 6) is 0.219. The lowest BCUT2D eigenvalue weighted by Crippen LogP contribution is -2.34. The molecule has 0 aromatic heterocycles. The minimum atomic E-state index is -0.347. The summed E-state index contributed by atoms with van der Waals surface area (Å²) in [5.41, 5.74) is 1.58. The van der Waals surface area contributed by atoms with Crippen LogP contribution in [0.4, 0.5) is 5.69 Å². The summed E-state index contributed by atoms with van der Waals surface area (Å²) < 4.78 is 6.28. The van der Waals surface area contributed by atoms with E-state index >= 15 is 0 Å². The molecular formula is C20H22BrN3O3S. The normalized spacial score (nSPS) is 10.1. The van der Waals surface area contributed by atoms with Crippen LogP contribution in [0.1, 0.15) is 34.1 Å². The number of nitrogens with one attached hydrogen (secondary N) is 2. The standard InChI is InChI=1S/C20H22BrN3O3S/c1-4-10-27-17-9-8-13(12-16(17)21)18(25)23-20(28)22-15-7-5-6-14(11-15)19(26)24(2)3/h5-9,11-12H,4,10H2,1-3H3,(H2,22,23,25,28). The second-order valence-electron chi connectivity index (χ2n) is 6.18. The highest BCUT2D eigenvalue weighted by atomic mass is 79.9. The summed E-state index contributed by atoms with van der Waals surface area (Å²) in [7, 11) is 3.37. The fourth-order valence-electron chi connectivity index (χ4n) is 2.30. The van der Waals surface area contributed by atoms with Crippen LogP contribution < -0.4 is 15.4 Å². The van der Waals surface area contributed by atoms with Gasteiger partial charge in [-0.3, -0.25) is 14.9 Å². The molecule has 0 atom stereocenters. The van der Waals surface area contributed by atoms with E-state index < -0.39 is 0 Å². The third kappa shape index (κ3) is 6.03. The molecule has 2 aromatic carbocycles. The van der Waals surface area contributed by atoms with Gasteiger partial charge in [-0.05, 0) is 71.0 Å². The van der Waals surface area contributed by atoms with Crippen molar-refractivity contribution in [3.05, 3.63) is 58.1 Å². The number of rotatable bonds is 6. The second-order valence-corrected chi connectivity index (χ2v) is 7.44. The van der Waals surface area contributed by atoms with Crippen LogP contribution in [0.3, 0.4) is 0 Å². The van der Waals surface area contributed by atoms with E-state index in [1.165, 1.54) is 4.90 Å². The highest BCUT2D eigenvalue weighted by Crippen LogP contribution is 2.26. The van der Waals surface area contributed by atoms with Gasteiger partial charge < -0.3 is 15.0 Å². The molecule has 0 aliphatic rings. The Morgan fingerprint density at radius 1 is 1.14 bits per heavy atom. The molecule has 2 rings (SSSR count). The molecule has 0 heterocycles.